The highest BCUT2D eigenvalue weighted by Gasteiger charge is 2.55. The van der Waals surface area contributed by atoms with Crippen molar-refractivity contribution in [1.82, 2.24) is 0 Å². The quantitative estimate of drug-likeness (QED) is 0.769. The predicted molar refractivity (Wildman–Crippen MR) is 51.4 cm³/mol. The minimum atomic E-state index is -2.63. The van der Waals surface area contributed by atoms with Crippen molar-refractivity contribution < 1.29 is 13.5 Å². The highest BCUT2D eigenvalue weighted by Crippen LogP contribution is 2.56. The van der Waals surface area contributed by atoms with Gasteiger partial charge in [0.25, 0.3) is 0 Å². The third-order valence-electron chi connectivity index (χ3n) is 4.63. The largest absolute Gasteiger partial charge is 0.345 e. The average Bonchev–Trinajstić information content (AvgIpc) is 2.10. The highest BCUT2D eigenvalue weighted by atomic mass is 19.3. The van der Waals surface area contributed by atoms with Crippen molar-refractivity contribution in [2.45, 2.75) is 50.4 Å². The molecule has 4 fully saturated rings. The molecule has 0 aromatic heterocycles. The minimum absolute atomic E-state index is 0.232. The van der Waals surface area contributed by atoms with Crippen LogP contribution >= 0.6 is 0 Å². The van der Waals surface area contributed by atoms with E-state index >= 15 is 0 Å². The van der Waals surface area contributed by atoms with Gasteiger partial charge in [0.2, 0.25) is 0 Å². The van der Waals surface area contributed by atoms with Crippen LogP contribution in [0.1, 0.15) is 32.1 Å². The van der Waals surface area contributed by atoms with Gasteiger partial charge in [0.15, 0.2) is 0 Å². The molecule has 4 rings (SSSR count). The summed E-state index contributed by atoms with van der Waals surface area (Å²) < 4.78 is 29.7. The van der Waals surface area contributed by atoms with Gasteiger partial charge in [-0.2, -0.15) is 8.78 Å². The van der Waals surface area contributed by atoms with Crippen LogP contribution in [0, 0.1) is 17.8 Å². The molecule has 15 heavy (non-hydrogen) atoms. The Morgan fingerprint density at radius 2 is 1.73 bits per heavy atom. The van der Waals surface area contributed by atoms with Gasteiger partial charge in [-0.05, 0) is 49.9 Å². The van der Waals surface area contributed by atoms with Gasteiger partial charge in [-0.25, -0.2) is 0 Å². The Bertz CT molecular complexity index is 251. The smallest absolute Gasteiger partial charge is 0.327 e. The SMILES string of the molecule is NC1[C@@H]2CC3C[C@H]1CC(OC(F)F)(C3)C2. The average molecular weight is 217 g/mol. The molecular formula is C11H17F2NO. The molecule has 0 aromatic rings. The van der Waals surface area contributed by atoms with Gasteiger partial charge in [-0.3, -0.25) is 0 Å². The summed E-state index contributed by atoms with van der Waals surface area (Å²) in [6, 6.07) is 0.232. The topological polar surface area (TPSA) is 35.2 Å². The van der Waals surface area contributed by atoms with Crippen molar-refractivity contribution in [3.63, 3.8) is 0 Å². The van der Waals surface area contributed by atoms with Crippen LogP contribution in [0.4, 0.5) is 8.78 Å². The Morgan fingerprint density at radius 1 is 1.13 bits per heavy atom. The third kappa shape index (κ3) is 1.49. The molecule has 5 atom stereocenters. The molecule has 4 aliphatic rings. The summed E-state index contributed by atoms with van der Waals surface area (Å²) in [6.07, 6.45) is 4.60. The van der Waals surface area contributed by atoms with E-state index < -0.39 is 12.2 Å². The number of alkyl halides is 2. The maximum absolute atomic E-state index is 12.4. The maximum atomic E-state index is 12.4. The van der Waals surface area contributed by atoms with Gasteiger partial charge >= 0.3 is 6.61 Å². The van der Waals surface area contributed by atoms with E-state index in [-0.39, 0.29) is 6.04 Å². The number of halogens is 2. The molecule has 4 aliphatic carbocycles. The van der Waals surface area contributed by atoms with E-state index in [9.17, 15) is 8.78 Å². The number of rotatable bonds is 2. The molecule has 0 aromatic carbocycles. The van der Waals surface area contributed by atoms with Crippen molar-refractivity contribution in [2.24, 2.45) is 23.5 Å². The van der Waals surface area contributed by atoms with Crippen molar-refractivity contribution in [3.05, 3.63) is 0 Å². The van der Waals surface area contributed by atoms with E-state index in [0.717, 1.165) is 32.1 Å². The lowest BCUT2D eigenvalue weighted by molar-refractivity contribution is -0.259. The zero-order chi connectivity index (χ0) is 10.6. The fraction of sp³-hybridized carbons (Fsp3) is 1.00. The van der Waals surface area contributed by atoms with Crippen LogP contribution in [0.15, 0.2) is 0 Å². The molecule has 4 bridgehead atoms. The number of ether oxygens (including phenoxy) is 1. The van der Waals surface area contributed by atoms with E-state index in [2.05, 4.69) is 0 Å². The second-order valence-corrected chi connectivity index (χ2v) is 5.61. The molecule has 86 valence electrons. The summed E-state index contributed by atoms with van der Waals surface area (Å²) >= 11 is 0. The standard InChI is InChI=1S/C11H17F2NO/c12-10(13)15-11-3-6-1-7(4-11)9(14)8(2-6)5-11/h6-10H,1-5,14H2/t6?,7-,8+,9?,11?. The Hall–Kier alpha value is -0.220. The van der Waals surface area contributed by atoms with E-state index in [4.69, 9.17) is 10.5 Å². The maximum Gasteiger partial charge on any atom is 0.345 e. The summed E-state index contributed by atoms with van der Waals surface area (Å²) in [5.74, 6) is 1.44. The lowest BCUT2D eigenvalue weighted by Crippen LogP contribution is -2.60. The van der Waals surface area contributed by atoms with E-state index in [1.807, 2.05) is 0 Å². The fourth-order valence-corrected chi connectivity index (χ4v) is 4.32. The van der Waals surface area contributed by atoms with Gasteiger partial charge in [-0.15, -0.1) is 0 Å². The molecule has 0 aliphatic heterocycles. The summed E-state index contributed by atoms with van der Waals surface area (Å²) in [5.41, 5.74) is 5.59. The molecule has 0 amide bonds. The van der Waals surface area contributed by atoms with Crippen LogP contribution in [0.5, 0.6) is 0 Å². The minimum Gasteiger partial charge on any atom is -0.327 e. The molecule has 2 N–H and O–H groups in total. The van der Waals surface area contributed by atoms with Gasteiger partial charge in [0.05, 0.1) is 5.60 Å². The highest BCUT2D eigenvalue weighted by molar-refractivity contribution is 5.07. The first-order valence-electron chi connectivity index (χ1n) is 5.79. The molecule has 3 unspecified atom stereocenters. The molecule has 2 nitrogen and oxygen atoms in total. The van der Waals surface area contributed by atoms with E-state index in [1.165, 1.54) is 0 Å². The molecule has 4 heteroatoms. The van der Waals surface area contributed by atoms with Crippen LogP contribution in [-0.2, 0) is 4.74 Å². The third-order valence-corrected chi connectivity index (χ3v) is 4.63. The molecular weight excluding hydrogens is 200 g/mol. The van der Waals surface area contributed by atoms with Crippen molar-refractivity contribution in [1.29, 1.82) is 0 Å². The lowest BCUT2D eigenvalue weighted by Gasteiger charge is -2.58. The van der Waals surface area contributed by atoms with Gasteiger partial charge in [0, 0.05) is 6.04 Å². The summed E-state index contributed by atoms with van der Waals surface area (Å²) in [5, 5.41) is 0. The van der Waals surface area contributed by atoms with Crippen molar-refractivity contribution >= 4 is 0 Å². The lowest BCUT2D eigenvalue weighted by atomic mass is 9.52. The molecule has 4 saturated carbocycles. The summed E-state index contributed by atoms with van der Waals surface area (Å²) in [6.45, 7) is -2.63. The number of hydrogen-bond donors (Lipinski definition) is 1. The van der Waals surface area contributed by atoms with Crippen LogP contribution in [0.3, 0.4) is 0 Å². The zero-order valence-corrected chi connectivity index (χ0v) is 8.66. The van der Waals surface area contributed by atoms with Gasteiger partial charge in [-0.1, -0.05) is 0 Å². The predicted octanol–water partition coefficient (Wildman–Crippen LogP) is 2.13. The zero-order valence-electron chi connectivity index (χ0n) is 8.66. The van der Waals surface area contributed by atoms with Gasteiger partial charge in [0.1, 0.15) is 0 Å². The van der Waals surface area contributed by atoms with Crippen LogP contribution in [-0.4, -0.2) is 18.3 Å². The molecule has 0 spiro atoms. The molecule has 0 radical (unpaired) electrons. The van der Waals surface area contributed by atoms with Crippen molar-refractivity contribution in [2.75, 3.05) is 0 Å². The van der Waals surface area contributed by atoms with Crippen molar-refractivity contribution in [3.8, 4) is 0 Å². The molecule has 0 heterocycles. The Morgan fingerprint density at radius 3 is 2.27 bits per heavy atom. The monoisotopic (exact) mass is 217 g/mol. The van der Waals surface area contributed by atoms with Crippen LogP contribution in [0.2, 0.25) is 0 Å². The number of nitrogens with two attached hydrogens (primary N) is 1. The normalized spacial score (nSPS) is 52.8. The Labute approximate surface area is 88.2 Å². The molecule has 0 saturated heterocycles. The summed E-state index contributed by atoms with van der Waals surface area (Å²) in [7, 11) is 0. The second-order valence-electron chi connectivity index (χ2n) is 5.61. The van der Waals surface area contributed by atoms with E-state index in [0.29, 0.717) is 17.8 Å². The van der Waals surface area contributed by atoms with Gasteiger partial charge < -0.3 is 10.5 Å². The van der Waals surface area contributed by atoms with Crippen LogP contribution < -0.4 is 5.73 Å². The van der Waals surface area contributed by atoms with E-state index in [1.54, 1.807) is 0 Å². The van der Waals surface area contributed by atoms with Crippen LogP contribution in [0.25, 0.3) is 0 Å². The summed E-state index contributed by atoms with van der Waals surface area (Å²) in [4.78, 5) is 0. The first-order chi connectivity index (χ1) is 7.08. The second kappa shape index (κ2) is 3.14. The fourth-order valence-electron chi connectivity index (χ4n) is 4.32. The Balaban J connectivity index is 1.83. The first-order valence-corrected chi connectivity index (χ1v) is 5.79. The Kier molecular flexibility index (Phi) is 2.09. The number of hydrogen-bond acceptors (Lipinski definition) is 2. The first kappa shape index (κ1) is 9.97.